The van der Waals surface area contributed by atoms with Crippen LogP contribution in [0.3, 0.4) is 0 Å². The number of likely N-dealkylation sites (tertiary alicyclic amines) is 1. The van der Waals surface area contributed by atoms with E-state index < -0.39 is 0 Å². The summed E-state index contributed by atoms with van der Waals surface area (Å²) in [5.41, 5.74) is 1.19. The molecule has 2 heterocycles. The minimum absolute atomic E-state index is 0.217. The molecule has 0 spiro atoms. The van der Waals surface area contributed by atoms with Crippen molar-refractivity contribution in [2.24, 2.45) is 0 Å². The fourth-order valence-corrected chi connectivity index (χ4v) is 2.75. The number of hydrogen-bond acceptors (Lipinski definition) is 4. The number of fused-ring (bicyclic) bond motifs is 1. The zero-order valence-electron chi connectivity index (χ0n) is 12.3. The topological polar surface area (TPSA) is 50.8 Å². The molecule has 1 saturated heterocycles. The Labute approximate surface area is 125 Å². The molecule has 5 heteroatoms. The SMILES string of the molecule is O=C(CNCCc1ccc2c(c1)OCCO2)N1CCCC1. The first-order valence-corrected chi connectivity index (χ1v) is 7.70. The second-order valence-electron chi connectivity index (χ2n) is 5.49. The quantitative estimate of drug-likeness (QED) is 0.828. The molecule has 3 rings (SSSR count). The molecule has 2 aliphatic rings. The van der Waals surface area contributed by atoms with Crippen LogP contribution in [0.5, 0.6) is 11.5 Å². The fourth-order valence-electron chi connectivity index (χ4n) is 2.75. The van der Waals surface area contributed by atoms with Crippen LogP contribution in [0.25, 0.3) is 0 Å². The van der Waals surface area contributed by atoms with Gasteiger partial charge in [-0.05, 0) is 43.5 Å². The second kappa shape index (κ2) is 6.80. The Hall–Kier alpha value is -1.75. The molecule has 1 amide bonds. The van der Waals surface area contributed by atoms with Gasteiger partial charge in [0.05, 0.1) is 6.54 Å². The molecule has 1 N–H and O–H groups in total. The van der Waals surface area contributed by atoms with E-state index in [4.69, 9.17) is 9.47 Å². The van der Waals surface area contributed by atoms with Crippen LogP contribution in [0.4, 0.5) is 0 Å². The lowest BCUT2D eigenvalue weighted by Gasteiger charge is -2.19. The third-order valence-corrected chi connectivity index (χ3v) is 3.93. The monoisotopic (exact) mass is 290 g/mol. The van der Waals surface area contributed by atoms with Gasteiger partial charge in [-0.15, -0.1) is 0 Å². The Bertz CT molecular complexity index is 498. The van der Waals surface area contributed by atoms with Gasteiger partial charge in [0.15, 0.2) is 11.5 Å². The van der Waals surface area contributed by atoms with Crippen molar-refractivity contribution >= 4 is 5.91 Å². The van der Waals surface area contributed by atoms with Gasteiger partial charge in [0, 0.05) is 13.1 Å². The maximum atomic E-state index is 11.9. The maximum Gasteiger partial charge on any atom is 0.236 e. The lowest BCUT2D eigenvalue weighted by Crippen LogP contribution is -2.36. The third-order valence-electron chi connectivity index (χ3n) is 3.93. The van der Waals surface area contributed by atoms with Crippen molar-refractivity contribution in [2.45, 2.75) is 19.3 Å². The van der Waals surface area contributed by atoms with Crippen LogP contribution in [0.2, 0.25) is 0 Å². The average molecular weight is 290 g/mol. The smallest absolute Gasteiger partial charge is 0.236 e. The van der Waals surface area contributed by atoms with E-state index in [1.54, 1.807) is 0 Å². The lowest BCUT2D eigenvalue weighted by molar-refractivity contribution is -0.129. The van der Waals surface area contributed by atoms with Crippen LogP contribution in [0, 0.1) is 0 Å². The molecule has 1 aromatic carbocycles. The summed E-state index contributed by atoms with van der Waals surface area (Å²) in [6.07, 6.45) is 3.16. The molecule has 114 valence electrons. The number of ether oxygens (including phenoxy) is 2. The van der Waals surface area contributed by atoms with Crippen molar-refractivity contribution < 1.29 is 14.3 Å². The van der Waals surface area contributed by atoms with Crippen molar-refractivity contribution in [1.29, 1.82) is 0 Å². The normalized spacial score (nSPS) is 17.0. The van der Waals surface area contributed by atoms with Crippen LogP contribution in [-0.2, 0) is 11.2 Å². The van der Waals surface area contributed by atoms with Gasteiger partial charge in [-0.2, -0.15) is 0 Å². The Balaban J connectivity index is 1.42. The Morgan fingerprint density at radius 2 is 1.90 bits per heavy atom. The molecule has 0 unspecified atom stereocenters. The second-order valence-corrected chi connectivity index (χ2v) is 5.49. The van der Waals surface area contributed by atoms with E-state index in [1.807, 2.05) is 17.0 Å². The summed E-state index contributed by atoms with van der Waals surface area (Å²) in [5.74, 6) is 1.86. The molecule has 0 atom stereocenters. The molecule has 0 radical (unpaired) electrons. The van der Waals surface area contributed by atoms with Crippen LogP contribution in [0.1, 0.15) is 18.4 Å². The fraction of sp³-hybridized carbons (Fsp3) is 0.562. The standard InChI is InChI=1S/C16H22N2O3/c19-16(18-7-1-2-8-18)12-17-6-5-13-3-4-14-15(11-13)21-10-9-20-14/h3-4,11,17H,1-2,5-10,12H2. The van der Waals surface area contributed by atoms with E-state index in [1.165, 1.54) is 5.56 Å². The summed E-state index contributed by atoms with van der Waals surface area (Å²) in [6.45, 7) is 4.29. The Kier molecular flexibility index (Phi) is 4.60. The molecule has 2 aliphatic heterocycles. The van der Waals surface area contributed by atoms with E-state index in [0.717, 1.165) is 50.4 Å². The first-order chi connectivity index (χ1) is 10.3. The highest BCUT2D eigenvalue weighted by Crippen LogP contribution is 2.30. The van der Waals surface area contributed by atoms with Crippen LogP contribution in [0.15, 0.2) is 18.2 Å². The predicted octanol–water partition coefficient (Wildman–Crippen LogP) is 1.21. The average Bonchev–Trinajstić information content (AvgIpc) is 3.06. The van der Waals surface area contributed by atoms with Gasteiger partial charge >= 0.3 is 0 Å². The van der Waals surface area contributed by atoms with Crippen molar-refractivity contribution in [1.82, 2.24) is 10.2 Å². The maximum absolute atomic E-state index is 11.9. The van der Waals surface area contributed by atoms with Crippen molar-refractivity contribution in [2.75, 3.05) is 39.4 Å². The first-order valence-electron chi connectivity index (χ1n) is 7.70. The number of rotatable bonds is 5. The van der Waals surface area contributed by atoms with E-state index in [9.17, 15) is 4.79 Å². The highest BCUT2D eigenvalue weighted by Gasteiger charge is 2.17. The third kappa shape index (κ3) is 3.67. The number of carbonyl (C=O) groups is 1. The van der Waals surface area contributed by atoms with E-state index in [0.29, 0.717) is 19.8 Å². The lowest BCUT2D eigenvalue weighted by atomic mass is 10.1. The number of nitrogens with zero attached hydrogens (tertiary/aromatic N) is 1. The molecule has 1 fully saturated rings. The van der Waals surface area contributed by atoms with Crippen LogP contribution in [-0.4, -0.2) is 50.2 Å². The van der Waals surface area contributed by atoms with Crippen molar-refractivity contribution in [3.63, 3.8) is 0 Å². The summed E-state index contributed by atoms with van der Waals surface area (Å²) in [4.78, 5) is 13.8. The molecule has 21 heavy (non-hydrogen) atoms. The van der Waals surface area contributed by atoms with Crippen LogP contribution >= 0.6 is 0 Å². The number of amides is 1. The number of nitrogens with one attached hydrogen (secondary N) is 1. The van der Waals surface area contributed by atoms with Gasteiger partial charge < -0.3 is 19.7 Å². The van der Waals surface area contributed by atoms with Gasteiger partial charge in [-0.25, -0.2) is 0 Å². The minimum Gasteiger partial charge on any atom is -0.486 e. The largest absolute Gasteiger partial charge is 0.486 e. The zero-order valence-corrected chi connectivity index (χ0v) is 12.3. The van der Waals surface area contributed by atoms with Gasteiger partial charge in [0.2, 0.25) is 5.91 Å². The van der Waals surface area contributed by atoms with Crippen LogP contribution < -0.4 is 14.8 Å². The highest BCUT2D eigenvalue weighted by molar-refractivity contribution is 5.78. The molecule has 0 aliphatic carbocycles. The molecule has 0 bridgehead atoms. The number of benzene rings is 1. The van der Waals surface area contributed by atoms with Gasteiger partial charge in [0.1, 0.15) is 13.2 Å². The molecular weight excluding hydrogens is 268 g/mol. The zero-order chi connectivity index (χ0) is 14.5. The molecule has 5 nitrogen and oxygen atoms in total. The molecule has 0 saturated carbocycles. The van der Waals surface area contributed by atoms with E-state index in [2.05, 4.69) is 11.4 Å². The number of carbonyl (C=O) groups excluding carboxylic acids is 1. The minimum atomic E-state index is 0.217. The van der Waals surface area contributed by atoms with Gasteiger partial charge in [-0.3, -0.25) is 4.79 Å². The summed E-state index contributed by atoms with van der Waals surface area (Å²) in [6, 6.07) is 6.04. The molecular formula is C16H22N2O3. The van der Waals surface area contributed by atoms with Crippen molar-refractivity contribution in [3.05, 3.63) is 23.8 Å². The highest BCUT2D eigenvalue weighted by atomic mass is 16.6. The number of hydrogen-bond donors (Lipinski definition) is 1. The predicted molar refractivity (Wildman–Crippen MR) is 79.8 cm³/mol. The summed E-state index contributed by atoms with van der Waals surface area (Å²) in [7, 11) is 0. The summed E-state index contributed by atoms with van der Waals surface area (Å²) < 4.78 is 11.1. The van der Waals surface area contributed by atoms with E-state index >= 15 is 0 Å². The van der Waals surface area contributed by atoms with Gasteiger partial charge in [-0.1, -0.05) is 6.07 Å². The molecule has 0 aromatic heterocycles. The summed E-state index contributed by atoms with van der Waals surface area (Å²) in [5, 5.41) is 3.23. The van der Waals surface area contributed by atoms with Crippen molar-refractivity contribution in [3.8, 4) is 11.5 Å². The van der Waals surface area contributed by atoms with Gasteiger partial charge in [0.25, 0.3) is 0 Å². The summed E-state index contributed by atoms with van der Waals surface area (Å²) >= 11 is 0. The Morgan fingerprint density at radius 1 is 1.14 bits per heavy atom. The Morgan fingerprint density at radius 3 is 2.71 bits per heavy atom. The molecule has 1 aromatic rings. The van der Waals surface area contributed by atoms with E-state index in [-0.39, 0.29) is 5.91 Å². The first kappa shape index (κ1) is 14.2.